The molecule has 3 nitrogen and oxygen atoms in total. The number of aliphatic hydroxyl groups is 1. The second-order valence-electron chi connectivity index (χ2n) is 9.08. The quantitative estimate of drug-likeness (QED) is 0.180. The fourth-order valence-corrected chi connectivity index (χ4v) is 5.39. The Morgan fingerprint density at radius 2 is 1.41 bits per heavy atom. The van der Waals surface area contributed by atoms with Crippen LogP contribution in [0.3, 0.4) is 0 Å². The Labute approximate surface area is 237 Å². The molecule has 0 saturated carbocycles. The highest BCUT2D eigenvalue weighted by Crippen LogP contribution is 2.37. The molecule has 0 atom stereocenters. The van der Waals surface area contributed by atoms with Crippen LogP contribution in [0.4, 0.5) is 4.39 Å². The summed E-state index contributed by atoms with van der Waals surface area (Å²) in [5.74, 6) is 1.65. The normalized spacial score (nSPS) is 10.5. The lowest BCUT2D eigenvalue weighted by atomic mass is 10.0. The minimum Gasteiger partial charge on any atom is -0.493 e. The van der Waals surface area contributed by atoms with E-state index in [9.17, 15) is 4.39 Å². The Morgan fingerprint density at radius 3 is 2.10 bits per heavy atom. The van der Waals surface area contributed by atoms with Crippen molar-refractivity contribution in [1.82, 2.24) is 0 Å². The highest BCUT2D eigenvalue weighted by molar-refractivity contribution is 7.99. The minimum absolute atomic E-state index is 0.222. The maximum Gasteiger partial charge on any atom is 0.123 e. The molecule has 4 aromatic rings. The van der Waals surface area contributed by atoms with Gasteiger partial charge in [-0.3, -0.25) is 0 Å². The van der Waals surface area contributed by atoms with Crippen molar-refractivity contribution in [2.45, 2.75) is 56.2 Å². The standard InChI is InChI=1S/C33H35FO2S.CH4O/c1-4-10-29-31(12-8-14-33(29)37-32-13-7-6-11-24(32)3)36-22-9-21-35-30-20-17-27(23-25(30)5-2)26-15-18-28(34)19-16-26;1-2/h6-8,11-20,23H,4-5,9-10,21-22H2,1-3H3;2H,1H3. The topological polar surface area (TPSA) is 38.7 Å². The number of hydrogen-bond acceptors (Lipinski definition) is 4. The zero-order valence-electron chi connectivity index (χ0n) is 23.4. The first kappa shape index (κ1) is 30.3. The van der Waals surface area contributed by atoms with Crippen LogP contribution in [0.1, 0.15) is 43.4 Å². The summed E-state index contributed by atoms with van der Waals surface area (Å²) in [6.45, 7) is 7.67. The summed E-state index contributed by atoms with van der Waals surface area (Å²) in [6.07, 6.45) is 3.72. The number of benzene rings is 4. The minimum atomic E-state index is -0.222. The SMILES string of the molecule is CCCc1c(OCCCOc2ccc(-c3ccc(F)cc3)cc2CC)cccc1Sc1ccccc1C.CO. The van der Waals surface area contributed by atoms with Gasteiger partial charge in [-0.15, -0.1) is 0 Å². The number of rotatable bonds is 12. The van der Waals surface area contributed by atoms with Crippen LogP contribution in [0, 0.1) is 12.7 Å². The molecule has 0 aliphatic heterocycles. The summed E-state index contributed by atoms with van der Waals surface area (Å²) in [5, 5.41) is 7.00. The zero-order valence-corrected chi connectivity index (χ0v) is 24.2. The van der Waals surface area contributed by atoms with E-state index in [0.29, 0.717) is 13.2 Å². The molecular formula is C34H39FO3S. The highest BCUT2D eigenvalue weighted by atomic mass is 32.2. The van der Waals surface area contributed by atoms with Crippen LogP contribution in [0.5, 0.6) is 11.5 Å². The first-order chi connectivity index (χ1) is 19.1. The Morgan fingerprint density at radius 1 is 0.744 bits per heavy atom. The number of halogens is 1. The van der Waals surface area contributed by atoms with Crippen molar-refractivity contribution in [3.8, 4) is 22.6 Å². The summed E-state index contributed by atoms with van der Waals surface area (Å²) in [4.78, 5) is 2.54. The molecule has 0 bridgehead atoms. The summed E-state index contributed by atoms with van der Waals surface area (Å²) in [7, 11) is 1.00. The average Bonchev–Trinajstić information content (AvgIpc) is 2.97. The predicted molar refractivity (Wildman–Crippen MR) is 161 cm³/mol. The zero-order chi connectivity index (χ0) is 28.0. The Kier molecular flexibility index (Phi) is 12.4. The maximum absolute atomic E-state index is 13.3. The smallest absolute Gasteiger partial charge is 0.123 e. The van der Waals surface area contributed by atoms with Gasteiger partial charge in [-0.2, -0.15) is 0 Å². The van der Waals surface area contributed by atoms with Crippen molar-refractivity contribution in [3.05, 3.63) is 107 Å². The molecule has 0 aliphatic rings. The van der Waals surface area contributed by atoms with Crippen molar-refractivity contribution in [1.29, 1.82) is 0 Å². The summed E-state index contributed by atoms with van der Waals surface area (Å²) < 4.78 is 25.7. The highest BCUT2D eigenvalue weighted by Gasteiger charge is 2.12. The van der Waals surface area contributed by atoms with E-state index >= 15 is 0 Å². The number of ether oxygens (including phenoxy) is 2. The molecule has 0 saturated heterocycles. The number of aliphatic hydroxyl groups excluding tert-OH is 1. The maximum atomic E-state index is 13.3. The van der Waals surface area contributed by atoms with E-state index in [1.165, 1.54) is 33.1 Å². The number of aryl methyl sites for hydroxylation is 2. The molecule has 0 unspecified atom stereocenters. The van der Waals surface area contributed by atoms with Crippen LogP contribution in [0.25, 0.3) is 11.1 Å². The van der Waals surface area contributed by atoms with Gasteiger partial charge in [0.25, 0.3) is 0 Å². The van der Waals surface area contributed by atoms with E-state index < -0.39 is 0 Å². The fraction of sp³-hybridized carbons (Fsp3) is 0.294. The molecule has 0 aromatic heterocycles. The Hall–Kier alpha value is -3.28. The van der Waals surface area contributed by atoms with Crippen LogP contribution in [0.15, 0.2) is 94.7 Å². The molecular weight excluding hydrogens is 507 g/mol. The van der Waals surface area contributed by atoms with Gasteiger partial charge >= 0.3 is 0 Å². The number of hydrogen-bond donors (Lipinski definition) is 1. The summed E-state index contributed by atoms with van der Waals surface area (Å²) in [5.41, 5.74) is 5.79. The average molecular weight is 547 g/mol. The van der Waals surface area contributed by atoms with Crippen molar-refractivity contribution >= 4 is 11.8 Å². The molecule has 0 heterocycles. The van der Waals surface area contributed by atoms with Crippen LogP contribution in [-0.2, 0) is 12.8 Å². The molecule has 0 aliphatic carbocycles. The second-order valence-corrected chi connectivity index (χ2v) is 10.2. The van der Waals surface area contributed by atoms with Crippen molar-refractivity contribution < 1.29 is 19.0 Å². The fourth-order valence-electron chi connectivity index (χ4n) is 4.30. The molecule has 5 heteroatoms. The first-order valence-corrected chi connectivity index (χ1v) is 14.3. The van der Waals surface area contributed by atoms with E-state index in [1.807, 2.05) is 36.0 Å². The van der Waals surface area contributed by atoms with Crippen LogP contribution < -0.4 is 9.47 Å². The molecule has 1 N–H and O–H groups in total. The third-order valence-corrected chi connectivity index (χ3v) is 7.61. The van der Waals surface area contributed by atoms with Crippen molar-refractivity contribution in [2.75, 3.05) is 20.3 Å². The largest absolute Gasteiger partial charge is 0.493 e. The van der Waals surface area contributed by atoms with Crippen LogP contribution in [-0.4, -0.2) is 25.4 Å². The first-order valence-electron chi connectivity index (χ1n) is 13.5. The third-order valence-electron chi connectivity index (χ3n) is 6.33. The lowest BCUT2D eigenvalue weighted by molar-refractivity contribution is 0.244. The van der Waals surface area contributed by atoms with Gasteiger partial charge in [0, 0.05) is 28.9 Å². The van der Waals surface area contributed by atoms with Gasteiger partial charge in [0.2, 0.25) is 0 Å². The second kappa shape index (κ2) is 16.0. The molecule has 4 aromatic carbocycles. The molecule has 0 spiro atoms. The lowest BCUT2D eigenvalue weighted by Crippen LogP contribution is -2.07. The van der Waals surface area contributed by atoms with Crippen molar-refractivity contribution in [3.63, 3.8) is 0 Å². The van der Waals surface area contributed by atoms with E-state index in [0.717, 1.165) is 61.0 Å². The van der Waals surface area contributed by atoms with Crippen molar-refractivity contribution in [2.24, 2.45) is 0 Å². The van der Waals surface area contributed by atoms with Gasteiger partial charge in [-0.05, 0) is 84.5 Å². The van der Waals surface area contributed by atoms with Gasteiger partial charge in [-0.25, -0.2) is 4.39 Å². The van der Waals surface area contributed by atoms with E-state index in [1.54, 1.807) is 0 Å². The van der Waals surface area contributed by atoms with Gasteiger partial charge in [0.1, 0.15) is 17.3 Å². The predicted octanol–water partition coefficient (Wildman–Crippen LogP) is 8.92. The monoisotopic (exact) mass is 546 g/mol. The molecule has 0 radical (unpaired) electrons. The molecule has 39 heavy (non-hydrogen) atoms. The third kappa shape index (κ3) is 8.61. The van der Waals surface area contributed by atoms with Crippen LogP contribution in [0.2, 0.25) is 0 Å². The summed E-state index contributed by atoms with van der Waals surface area (Å²) >= 11 is 1.82. The Balaban J connectivity index is 0.00000205. The lowest BCUT2D eigenvalue weighted by Gasteiger charge is -2.16. The molecule has 0 amide bonds. The van der Waals surface area contributed by atoms with Gasteiger partial charge in [-0.1, -0.05) is 74.5 Å². The van der Waals surface area contributed by atoms with Gasteiger partial charge in [0.05, 0.1) is 13.2 Å². The van der Waals surface area contributed by atoms with Gasteiger partial charge in [0.15, 0.2) is 0 Å². The van der Waals surface area contributed by atoms with E-state index in [4.69, 9.17) is 14.6 Å². The van der Waals surface area contributed by atoms with Crippen LogP contribution >= 0.6 is 11.8 Å². The molecule has 0 fully saturated rings. The van der Waals surface area contributed by atoms with E-state index in [-0.39, 0.29) is 5.82 Å². The van der Waals surface area contributed by atoms with Gasteiger partial charge < -0.3 is 14.6 Å². The molecule has 206 valence electrons. The van der Waals surface area contributed by atoms with E-state index in [2.05, 4.69) is 69.3 Å². The summed E-state index contributed by atoms with van der Waals surface area (Å²) in [6, 6.07) is 27.7. The molecule has 4 rings (SSSR count). The Bertz CT molecular complexity index is 1300.